The molecule has 0 fully saturated rings. The third kappa shape index (κ3) is 4.46. The van der Waals surface area contributed by atoms with Crippen molar-refractivity contribution in [3.63, 3.8) is 0 Å². The van der Waals surface area contributed by atoms with Gasteiger partial charge in [-0.2, -0.15) is 0 Å². The number of unbranched alkanes of at least 4 members (excludes halogenated alkanes) is 1. The molecule has 0 saturated heterocycles. The van der Waals surface area contributed by atoms with Gasteiger partial charge in [0.2, 0.25) is 0 Å². The second-order valence-corrected chi connectivity index (χ2v) is 5.68. The Morgan fingerprint density at radius 3 is 2.86 bits per heavy atom. The molecule has 21 heavy (non-hydrogen) atoms. The number of fused-ring (bicyclic) bond motifs is 1. The average molecular weight is 290 g/mol. The Morgan fingerprint density at radius 2 is 2.10 bits per heavy atom. The molecule has 4 heteroatoms. The van der Waals surface area contributed by atoms with E-state index in [1.165, 1.54) is 24.0 Å². The molecule has 2 N–H and O–H groups in total. The highest BCUT2D eigenvalue weighted by Gasteiger charge is 2.13. The normalized spacial score (nSPS) is 13.0. The van der Waals surface area contributed by atoms with E-state index >= 15 is 0 Å². The lowest BCUT2D eigenvalue weighted by Gasteiger charge is -2.22. The Morgan fingerprint density at radius 1 is 1.29 bits per heavy atom. The molecule has 4 nitrogen and oxygen atoms in total. The Bertz CT molecular complexity index is 474. The molecule has 0 aliphatic heterocycles. The molecule has 1 aromatic carbocycles. The molecule has 0 radical (unpaired) electrons. The lowest BCUT2D eigenvalue weighted by Crippen LogP contribution is -2.41. The molecule has 0 heterocycles. The van der Waals surface area contributed by atoms with Gasteiger partial charge in [-0.3, -0.25) is 0 Å². The molecule has 1 aliphatic carbocycles. The molecule has 0 aromatic heterocycles. The van der Waals surface area contributed by atoms with Crippen LogP contribution in [0.4, 0.5) is 4.79 Å². The van der Waals surface area contributed by atoms with E-state index in [0.717, 1.165) is 24.8 Å². The van der Waals surface area contributed by atoms with Crippen LogP contribution in [-0.2, 0) is 19.4 Å². The van der Waals surface area contributed by atoms with Gasteiger partial charge in [0.1, 0.15) is 0 Å². The molecular weight excluding hydrogens is 264 g/mol. The third-order valence-electron chi connectivity index (χ3n) is 4.05. The summed E-state index contributed by atoms with van der Waals surface area (Å²) >= 11 is 0. The zero-order chi connectivity index (χ0) is 15.1. The minimum atomic E-state index is -0.0852. The summed E-state index contributed by atoms with van der Waals surface area (Å²) in [6.45, 7) is 3.76. The van der Waals surface area contributed by atoms with Crippen LogP contribution in [0.2, 0.25) is 0 Å². The van der Waals surface area contributed by atoms with Crippen LogP contribution in [0.3, 0.4) is 0 Å². The fourth-order valence-corrected chi connectivity index (χ4v) is 2.81. The highest BCUT2D eigenvalue weighted by atomic mass is 16.3. The van der Waals surface area contributed by atoms with E-state index in [2.05, 4.69) is 30.4 Å². The van der Waals surface area contributed by atoms with Crippen molar-refractivity contribution in [3.8, 4) is 0 Å². The first-order valence-electron chi connectivity index (χ1n) is 7.99. The molecule has 0 atom stereocenters. The van der Waals surface area contributed by atoms with Gasteiger partial charge < -0.3 is 15.3 Å². The van der Waals surface area contributed by atoms with Crippen molar-refractivity contribution >= 4 is 6.03 Å². The van der Waals surface area contributed by atoms with E-state index in [4.69, 9.17) is 5.11 Å². The summed E-state index contributed by atoms with van der Waals surface area (Å²) < 4.78 is 0. The summed E-state index contributed by atoms with van der Waals surface area (Å²) in [4.78, 5) is 13.8. The molecule has 0 spiro atoms. The maximum atomic E-state index is 12.1. The van der Waals surface area contributed by atoms with Gasteiger partial charge in [-0.15, -0.1) is 0 Å². The number of aliphatic hydroxyl groups is 1. The van der Waals surface area contributed by atoms with E-state index in [9.17, 15) is 4.79 Å². The second-order valence-electron chi connectivity index (χ2n) is 5.68. The van der Waals surface area contributed by atoms with Crippen molar-refractivity contribution in [1.82, 2.24) is 10.2 Å². The van der Waals surface area contributed by atoms with E-state index in [1.807, 2.05) is 0 Å². The standard InChI is InChI=1S/C17H26N2O2/c1-2-3-9-19(10-11-20)17(21)18-13-14-7-8-15-5-4-6-16(15)12-14/h7-8,12,20H,2-6,9-11,13H2,1H3,(H,18,21). The highest BCUT2D eigenvalue weighted by molar-refractivity contribution is 5.74. The number of hydrogen-bond acceptors (Lipinski definition) is 2. The Balaban J connectivity index is 1.87. The zero-order valence-corrected chi connectivity index (χ0v) is 12.9. The van der Waals surface area contributed by atoms with Crippen LogP contribution < -0.4 is 5.32 Å². The number of urea groups is 1. The topological polar surface area (TPSA) is 52.6 Å². The largest absolute Gasteiger partial charge is 0.395 e. The molecule has 1 aromatic rings. The van der Waals surface area contributed by atoms with Gasteiger partial charge in [-0.1, -0.05) is 31.5 Å². The number of aliphatic hydroxyl groups excluding tert-OH is 1. The first kappa shape index (κ1) is 15.8. The van der Waals surface area contributed by atoms with E-state index in [-0.39, 0.29) is 12.6 Å². The summed E-state index contributed by atoms with van der Waals surface area (Å²) in [5.41, 5.74) is 4.04. The lowest BCUT2D eigenvalue weighted by atomic mass is 10.1. The SMILES string of the molecule is CCCCN(CCO)C(=O)NCc1ccc2c(c1)CCC2. The van der Waals surface area contributed by atoms with Crippen LogP contribution in [0, 0.1) is 0 Å². The summed E-state index contributed by atoms with van der Waals surface area (Å²) in [5, 5.41) is 12.0. The van der Waals surface area contributed by atoms with Crippen molar-refractivity contribution in [2.45, 2.75) is 45.6 Å². The third-order valence-corrected chi connectivity index (χ3v) is 4.05. The maximum absolute atomic E-state index is 12.1. The van der Waals surface area contributed by atoms with E-state index < -0.39 is 0 Å². The summed E-state index contributed by atoms with van der Waals surface area (Å²) in [6, 6.07) is 6.42. The van der Waals surface area contributed by atoms with Crippen LogP contribution in [0.15, 0.2) is 18.2 Å². The highest BCUT2D eigenvalue weighted by Crippen LogP contribution is 2.22. The number of carbonyl (C=O) groups is 1. The summed E-state index contributed by atoms with van der Waals surface area (Å²) in [5.74, 6) is 0. The monoisotopic (exact) mass is 290 g/mol. The predicted octanol–water partition coefficient (Wildman–Crippen LogP) is 2.48. The minimum Gasteiger partial charge on any atom is -0.395 e. The Kier molecular flexibility index (Phi) is 6.05. The Labute approximate surface area is 127 Å². The number of carbonyl (C=O) groups excluding carboxylic acids is 1. The van der Waals surface area contributed by atoms with Crippen molar-refractivity contribution in [1.29, 1.82) is 0 Å². The molecule has 1 aliphatic rings. The van der Waals surface area contributed by atoms with Crippen molar-refractivity contribution in [3.05, 3.63) is 34.9 Å². The first-order valence-corrected chi connectivity index (χ1v) is 7.99. The Hall–Kier alpha value is -1.55. The number of benzene rings is 1. The molecule has 2 rings (SSSR count). The molecule has 2 amide bonds. The van der Waals surface area contributed by atoms with Crippen LogP contribution in [0.1, 0.15) is 42.9 Å². The molecule has 0 saturated carbocycles. The predicted molar refractivity (Wildman–Crippen MR) is 84.3 cm³/mol. The van der Waals surface area contributed by atoms with Gasteiger partial charge in [-0.25, -0.2) is 4.79 Å². The second kappa shape index (κ2) is 8.03. The molecule has 116 valence electrons. The summed E-state index contributed by atoms with van der Waals surface area (Å²) in [7, 11) is 0. The number of nitrogens with one attached hydrogen (secondary N) is 1. The van der Waals surface area contributed by atoms with Gasteiger partial charge in [-0.05, 0) is 42.4 Å². The number of aryl methyl sites for hydroxylation is 2. The van der Waals surface area contributed by atoms with Crippen molar-refractivity contribution in [2.24, 2.45) is 0 Å². The minimum absolute atomic E-state index is 0.00990. The lowest BCUT2D eigenvalue weighted by molar-refractivity contribution is 0.176. The van der Waals surface area contributed by atoms with Crippen LogP contribution in [-0.4, -0.2) is 35.7 Å². The molecule has 0 unspecified atom stereocenters. The first-order chi connectivity index (χ1) is 10.2. The van der Waals surface area contributed by atoms with Crippen LogP contribution in [0.25, 0.3) is 0 Å². The van der Waals surface area contributed by atoms with Gasteiger partial charge >= 0.3 is 6.03 Å². The smallest absolute Gasteiger partial charge is 0.317 e. The van der Waals surface area contributed by atoms with E-state index in [1.54, 1.807) is 4.90 Å². The number of rotatable bonds is 7. The van der Waals surface area contributed by atoms with E-state index in [0.29, 0.717) is 19.6 Å². The fraction of sp³-hybridized carbons (Fsp3) is 0.588. The van der Waals surface area contributed by atoms with Crippen LogP contribution >= 0.6 is 0 Å². The van der Waals surface area contributed by atoms with Gasteiger partial charge in [0.15, 0.2) is 0 Å². The number of nitrogens with zero attached hydrogens (tertiary/aromatic N) is 1. The quantitative estimate of drug-likeness (QED) is 0.810. The van der Waals surface area contributed by atoms with Gasteiger partial charge in [0.25, 0.3) is 0 Å². The zero-order valence-electron chi connectivity index (χ0n) is 12.9. The van der Waals surface area contributed by atoms with Gasteiger partial charge in [0, 0.05) is 19.6 Å². The molecular formula is C17H26N2O2. The number of amides is 2. The average Bonchev–Trinajstić information content (AvgIpc) is 2.96. The maximum Gasteiger partial charge on any atom is 0.317 e. The number of hydrogen-bond donors (Lipinski definition) is 2. The fourth-order valence-electron chi connectivity index (χ4n) is 2.81. The van der Waals surface area contributed by atoms with Crippen LogP contribution in [0.5, 0.6) is 0 Å². The summed E-state index contributed by atoms with van der Waals surface area (Å²) in [6.07, 6.45) is 5.59. The van der Waals surface area contributed by atoms with Crippen molar-refractivity contribution in [2.75, 3.05) is 19.7 Å². The van der Waals surface area contributed by atoms with Gasteiger partial charge in [0.05, 0.1) is 6.61 Å². The molecule has 0 bridgehead atoms. The van der Waals surface area contributed by atoms with Crippen molar-refractivity contribution < 1.29 is 9.90 Å².